The molecule has 4 nitrogen and oxygen atoms in total. The van der Waals surface area contributed by atoms with Gasteiger partial charge in [-0.25, -0.2) is 0 Å². The Hall–Kier alpha value is -6.13. The number of pyridine rings is 1. The number of nitrogens with zero attached hydrogens (tertiary/aromatic N) is 3. The predicted octanol–water partition coefficient (Wildman–Crippen LogP) is 11.0. The van der Waals surface area contributed by atoms with Crippen molar-refractivity contribution in [1.82, 2.24) is 9.55 Å². The number of aromatic nitrogens is 2. The van der Waals surface area contributed by atoms with E-state index in [1.54, 1.807) is 13.3 Å². The lowest BCUT2D eigenvalue weighted by atomic mass is 10.0. The van der Waals surface area contributed by atoms with Gasteiger partial charge in [-0.15, -0.1) is 0 Å². The summed E-state index contributed by atoms with van der Waals surface area (Å²) in [6.07, 6.45) is 3.71. The van der Waals surface area contributed by atoms with Gasteiger partial charge in [-0.1, -0.05) is 84.9 Å². The zero-order valence-electron chi connectivity index (χ0n) is 25.4. The van der Waals surface area contributed by atoms with E-state index in [1.807, 2.05) is 24.4 Å². The Bertz CT molecular complexity index is 2270. The monoisotopic (exact) mass is 593 g/mol. The summed E-state index contributed by atoms with van der Waals surface area (Å²) in [6, 6.07) is 55.7. The van der Waals surface area contributed by atoms with Gasteiger partial charge in [-0.05, 0) is 95.1 Å². The zero-order valence-corrected chi connectivity index (χ0v) is 25.4. The maximum atomic E-state index is 5.53. The molecular formula is C42H31N3O. The Morgan fingerprint density at radius 2 is 1.24 bits per heavy atom. The molecule has 0 amide bonds. The molecule has 2 heterocycles. The molecule has 0 bridgehead atoms. The minimum atomic E-state index is 0.825. The Labute approximate surface area is 268 Å². The van der Waals surface area contributed by atoms with Gasteiger partial charge in [0.15, 0.2) is 0 Å². The van der Waals surface area contributed by atoms with E-state index in [0.29, 0.717) is 0 Å². The van der Waals surface area contributed by atoms with Crippen molar-refractivity contribution in [1.29, 1.82) is 0 Å². The van der Waals surface area contributed by atoms with Crippen molar-refractivity contribution in [3.63, 3.8) is 0 Å². The number of methoxy groups -OCH3 is 1. The first-order valence-corrected chi connectivity index (χ1v) is 15.4. The lowest BCUT2D eigenvalue weighted by molar-refractivity contribution is 0.415. The second-order valence-corrected chi connectivity index (χ2v) is 11.3. The summed E-state index contributed by atoms with van der Waals surface area (Å²) in [4.78, 5) is 6.66. The average molecular weight is 594 g/mol. The minimum absolute atomic E-state index is 0.825. The molecule has 6 aromatic carbocycles. The van der Waals surface area contributed by atoms with Crippen LogP contribution in [0.15, 0.2) is 170 Å². The van der Waals surface area contributed by atoms with E-state index in [0.717, 1.165) is 50.7 Å². The molecule has 4 heteroatoms. The van der Waals surface area contributed by atoms with Crippen LogP contribution >= 0.6 is 0 Å². The predicted molar refractivity (Wildman–Crippen MR) is 191 cm³/mol. The summed E-state index contributed by atoms with van der Waals surface area (Å²) >= 11 is 0. The SMILES string of the molecule is COc1ccc(N(c2cccc(-c3ccccc3)c2)c2cccc3c2c2ccccc2n3-c2ccc(-c3cccnc3)cc2)cc1. The summed E-state index contributed by atoms with van der Waals surface area (Å²) in [5.74, 6) is 0.825. The van der Waals surface area contributed by atoms with E-state index >= 15 is 0 Å². The first-order chi connectivity index (χ1) is 22.8. The zero-order chi connectivity index (χ0) is 30.9. The molecule has 46 heavy (non-hydrogen) atoms. The van der Waals surface area contributed by atoms with E-state index in [-0.39, 0.29) is 0 Å². The highest BCUT2D eigenvalue weighted by atomic mass is 16.5. The van der Waals surface area contributed by atoms with Gasteiger partial charge in [0.2, 0.25) is 0 Å². The van der Waals surface area contributed by atoms with Crippen LogP contribution < -0.4 is 9.64 Å². The van der Waals surface area contributed by atoms with Gasteiger partial charge < -0.3 is 14.2 Å². The highest BCUT2D eigenvalue weighted by Crippen LogP contribution is 2.44. The van der Waals surface area contributed by atoms with Crippen molar-refractivity contribution in [3.8, 4) is 33.7 Å². The molecule has 0 aliphatic heterocycles. The van der Waals surface area contributed by atoms with Gasteiger partial charge in [0, 0.05) is 40.2 Å². The van der Waals surface area contributed by atoms with Crippen LogP contribution in [0.3, 0.4) is 0 Å². The van der Waals surface area contributed by atoms with Crippen LogP contribution in [0.2, 0.25) is 0 Å². The lowest BCUT2D eigenvalue weighted by Crippen LogP contribution is -2.10. The smallest absolute Gasteiger partial charge is 0.119 e. The van der Waals surface area contributed by atoms with E-state index in [4.69, 9.17) is 4.74 Å². The van der Waals surface area contributed by atoms with Gasteiger partial charge in [-0.3, -0.25) is 4.98 Å². The second kappa shape index (κ2) is 11.8. The standard InChI is InChI=1S/C42H31N3O/c1-46-37-25-23-34(24-26-37)44(36-14-7-12-32(28-36)30-10-3-2-4-11-30)40-17-8-18-41-42(40)38-15-5-6-16-39(38)45(41)35-21-19-31(20-22-35)33-13-9-27-43-29-33/h2-29H,1H3. The van der Waals surface area contributed by atoms with Crippen molar-refractivity contribution in [3.05, 3.63) is 170 Å². The number of fused-ring (bicyclic) bond motifs is 3. The Balaban J connectivity index is 1.35. The third-order valence-electron chi connectivity index (χ3n) is 8.58. The third kappa shape index (κ3) is 4.86. The largest absolute Gasteiger partial charge is 0.497 e. The van der Waals surface area contributed by atoms with Crippen LogP contribution in [0.4, 0.5) is 17.1 Å². The average Bonchev–Trinajstić information content (AvgIpc) is 3.48. The summed E-state index contributed by atoms with van der Waals surface area (Å²) < 4.78 is 7.90. The van der Waals surface area contributed by atoms with Gasteiger partial charge in [0.25, 0.3) is 0 Å². The van der Waals surface area contributed by atoms with Gasteiger partial charge in [-0.2, -0.15) is 0 Å². The van der Waals surface area contributed by atoms with Gasteiger partial charge in [0.1, 0.15) is 5.75 Å². The maximum Gasteiger partial charge on any atom is 0.119 e. The molecule has 0 N–H and O–H groups in total. The van der Waals surface area contributed by atoms with Crippen molar-refractivity contribution in [2.24, 2.45) is 0 Å². The first-order valence-electron chi connectivity index (χ1n) is 15.4. The molecule has 8 rings (SSSR count). The fourth-order valence-corrected chi connectivity index (χ4v) is 6.42. The summed E-state index contributed by atoms with van der Waals surface area (Å²) in [6.45, 7) is 0. The van der Waals surface area contributed by atoms with Gasteiger partial charge >= 0.3 is 0 Å². The molecule has 220 valence electrons. The van der Waals surface area contributed by atoms with Crippen LogP contribution in [-0.4, -0.2) is 16.7 Å². The fraction of sp³-hybridized carbons (Fsp3) is 0.0238. The number of benzene rings is 6. The quantitative estimate of drug-likeness (QED) is 0.184. The van der Waals surface area contributed by atoms with Crippen molar-refractivity contribution < 1.29 is 4.74 Å². The first kappa shape index (κ1) is 27.4. The second-order valence-electron chi connectivity index (χ2n) is 11.3. The number of ether oxygens (including phenoxy) is 1. The normalized spacial score (nSPS) is 11.2. The molecule has 0 spiro atoms. The lowest BCUT2D eigenvalue weighted by Gasteiger charge is -2.27. The molecule has 0 radical (unpaired) electrons. The third-order valence-corrected chi connectivity index (χ3v) is 8.58. The molecule has 0 fully saturated rings. The molecule has 0 saturated carbocycles. The van der Waals surface area contributed by atoms with E-state index in [9.17, 15) is 0 Å². The van der Waals surface area contributed by atoms with Crippen LogP contribution in [0.25, 0.3) is 49.7 Å². The number of hydrogen-bond donors (Lipinski definition) is 0. The van der Waals surface area contributed by atoms with Crippen LogP contribution in [0, 0.1) is 0 Å². The molecule has 0 atom stereocenters. The summed E-state index contributed by atoms with van der Waals surface area (Å²) in [7, 11) is 1.70. The Kier molecular flexibility index (Phi) is 7.01. The Morgan fingerprint density at radius 3 is 2.02 bits per heavy atom. The minimum Gasteiger partial charge on any atom is -0.497 e. The van der Waals surface area contributed by atoms with Gasteiger partial charge in [0.05, 0.1) is 23.8 Å². The summed E-state index contributed by atoms with van der Waals surface area (Å²) in [5.41, 5.74) is 11.2. The number of rotatable bonds is 7. The van der Waals surface area contributed by atoms with E-state index in [1.165, 1.54) is 21.9 Å². The summed E-state index contributed by atoms with van der Waals surface area (Å²) in [5, 5.41) is 2.39. The number of hydrogen-bond acceptors (Lipinski definition) is 3. The van der Waals surface area contributed by atoms with Crippen molar-refractivity contribution in [2.45, 2.75) is 0 Å². The van der Waals surface area contributed by atoms with Crippen LogP contribution in [-0.2, 0) is 0 Å². The van der Waals surface area contributed by atoms with Crippen LogP contribution in [0.5, 0.6) is 5.75 Å². The van der Waals surface area contributed by atoms with E-state index in [2.05, 4.69) is 154 Å². The number of anilines is 3. The van der Waals surface area contributed by atoms with Crippen molar-refractivity contribution >= 4 is 38.9 Å². The molecule has 0 unspecified atom stereocenters. The molecular weight excluding hydrogens is 562 g/mol. The molecule has 0 aliphatic rings. The molecule has 0 saturated heterocycles. The van der Waals surface area contributed by atoms with E-state index < -0.39 is 0 Å². The maximum absolute atomic E-state index is 5.53. The molecule has 0 aliphatic carbocycles. The topological polar surface area (TPSA) is 30.3 Å². The Morgan fingerprint density at radius 1 is 0.543 bits per heavy atom. The number of para-hydroxylation sites is 1. The molecule has 8 aromatic rings. The fourth-order valence-electron chi connectivity index (χ4n) is 6.42. The van der Waals surface area contributed by atoms with Crippen molar-refractivity contribution in [2.75, 3.05) is 12.0 Å². The highest BCUT2D eigenvalue weighted by Gasteiger charge is 2.21. The highest BCUT2D eigenvalue weighted by molar-refractivity contribution is 6.16. The molecule has 2 aromatic heterocycles. The van der Waals surface area contributed by atoms with Crippen LogP contribution in [0.1, 0.15) is 0 Å².